The smallest absolute Gasteiger partial charge is 0.335 e. The highest BCUT2D eigenvalue weighted by molar-refractivity contribution is 6.33. The fourth-order valence-electron chi connectivity index (χ4n) is 6.70. The number of carbonyl (C=O) groups is 3. The Balaban J connectivity index is 1.15. The number of hydrogen-bond acceptors (Lipinski definition) is 8. The average molecular weight is 614 g/mol. The molecule has 3 atom stereocenters. The number of anilines is 1. The molecule has 12 heteroatoms. The minimum atomic E-state index is -0.956. The van der Waals surface area contributed by atoms with E-state index in [-0.39, 0.29) is 40.5 Å². The molecule has 232 valence electrons. The molecule has 2 aromatic carbocycles. The van der Waals surface area contributed by atoms with Crippen LogP contribution in [0.25, 0.3) is 0 Å². The molecule has 0 aliphatic carbocycles. The van der Waals surface area contributed by atoms with Gasteiger partial charge in [0.1, 0.15) is 5.75 Å². The second-order valence-corrected chi connectivity index (χ2v) is 12.0. The molecule has 5 N–H and O–H groups in total. The number of carboxylic acid groups (broad SMARTS) is 1. The van der Waals surface area contributed by atoms with Crippen LogP contribution < -0.4 is 21.1 Å². The molecular formula is C31H40ClN5O6. The summed E-state index contributed by atoms with van der Waals surface area (Å²) in [6.45, 7) is 5.27. The number of rotatable bonds is 10. The maximum Gasteiger partial charge on any atom is 0.335 e. The number of hydrogen-bond donors (Lipinski definition) is 4. The minimum Gasteiger partial charge on any atom is -0.496 e. The number of methoxy groups -OCH3 is 2. The number of aromatic carboxylic acids is 1. The number of nitrogens with two attached hydrogens (primary N) is 1. The van der Waals surface area contributed by atoms with E-state index in [0.717, 1.165) is 38.0 Å². The van der Waals surface area contributed by atoms with Crippen molar-refractivity contribution < 1.29 is 29.0 Å². The number of benzene rings is 2. The summed E-state index contributed by atoms with van der Waals surface area (Å²) in [7, 11) is 3.08. The van der Waals surface area contributed by atoms with Crippen LogP contribution in [0.4, 0.5) is 5.69 Å². The zero-order chi connectivity index (χ0) is 30.7. The lowest BCUT2D eigenvalue weighted by molar-refractivity contribution is 0.00682. The molecule has 4 saturated heterocycles. The summed E-state index contributed by atoms with van der Waals surface area (Å²) in [4.78, 5) is 42.7. The van der Waals surface area contributed by atoms with Crippen LogP contribution >= 0.6 is 11.6 Å². The van der Waals surface area contributed by atoms with E-state index in [2.05, 4.69) is 20.4 Å². The number of likely N-dealkylation sites (tertiary alicyclic amines) is 1. The van der Waals surface area contributed by atoms with Gasteiger partial charge in [-0.25, -0.2) is 4.79 Å². The van der Waals surface area contributed by atoms with Crippen molar-refractivity contribution >= 4 is 35.1 Å². The van der Waals surface area contributed by atoms with E-state index in [9.17, 15) is 19.5 Å². The molecule has 4 heterocycles. The molecule has 6 rings (SSSR count). The van der Waals surface area contributed by atoms with Gasteiger partial charge >= 0.3 is 5.97 Å². The number of nitrogens with one attached hydrogen (secondary N) is 2. The van der Waals surface area contributed by atoms with Crippen molar-refractivity contribution in [2.24, 2.45) is 5.92 Å². The molecule has 4 fully saturated rings. The van der Waals surface area contributed by atoms with E-state index in [1.54, 1.807) is 25.3 Å². The molecular weight excluding hydrogens is 574 g/mol. The summed E-state index contributed by atoms with van der Waals surface area (Å²) < 4.78 is 11.0. The molecule has 2 aromatic rings. The van der Waals surface area contributed by atoms with Crippen LogP contribution in [0.2, 0.25) is 5.02 Å². The van der Waals surface area contributed by atoms with Crippen molar-refractivity contribution in [3.63, 3.8) is 0 Å². The Bertz CT molecular complexity index is 1360. The van der Waals surface area contributed by atoms with Crippen LogP contribution in [0.1, 0.15) is 61.8 Å². The lowest BCUT2D eigenvalue weighted by atomic mass is 9.74. The topological polar surface area (TPSA) is 146 Å². The average Bonchev–Trinajstić information content (AvgIpc) is 3.02. The molecule has 2 bridgehead atoms. The first-order valence-electron chi connectivity index (χ1n) is 14.7. The van der Waals surface area contributed by atoms with Crippen molar-refractivity contribution in [3.05, 3.63) is 57.6 Å². The molecule has 0 spiro atoms. The number of carbonyl (C=O) groups excluding carboxylic acids is 2. The summed E-state index contributed by atoms with van der Waals surface area (Å²) in [6, 6.07) is 7.76. The van der Waals surface area contributed by atoms with E-state index in [0.29, 0.717) is 61.1 Å². The van der Waals surface area contributed by atoms with Crippen LogP contribution in [0.15, 0.2) is 30.3 Å². The number of fused-ring (bicyclic) bond motifs is 3. The zero-order valence-electron chi connectivity index (χ0n) is 24.6. The van der Waals surface area contributed by atoms with E-state index < -0.39 is 5.97 Å². The van der Waals surface area contributed by atoms with E-state index >= 15 is 0 Å². The maximum atomic E-state index is 13.1. The molecule has 0 unspecified atom stereocenters. The molecule has 4 aliphatic rings. The fourth-order valence-corrected chi connectivity index (χ4v) is 6.87. The van der Waals surface area contributed by atoms with E-state index in [1.165, 1.54) is 19.2 Å². The Morgan fingerprint density at radius 3 is 2.44 bits per heavy atom. The summed E-state index contributed by atoms with van der Waals surface area (Å²) in [5.41, 5.74) is 8.01. The SMILES string of the molecule is COc1cc(N)c(Cl)cc1C(=O)N[C@@H]1CCN(CCNC(=O)c2ccc(C(=O)O)c([C@@H]3CN4CCC3CC4)c2)C[C@@H]1OC. The summed E-state index contributed by atoms with van der Waals surface area (Å²) in [5.74, 6) is -0.572. The van der Waals surface area contributed by atoms with Gasteiger partial charge in [-0.15, -0.1) is 0 Å². The largest absolute Gasteiger partial charge is 0.496 e. The third kappa shape index (κ3) is 6.90. The standard InChI is InChI=1S/C31H40ClN5O6/c1-42-27-15-25(33)24(32)14-22(27)30(39)35-26-7-11-37(17-28(26)43-2)12-8-34-29(38)19-3-4-20(31(40)41)21(13-19)23-16-36-9-5-18(23)6-10-36/h3-4,13-15,18,23,26,28H,5-12,16-17,33H2,1-2H3,(H,34,38)(H,35,39)(H,40,41)/t23-,26-,28+/m1/s1. The third-order valence-electron chi connectivity index (χ3n) is 9.14. The second kappa shape index (κ2) is 13.5. The first kappa shape index (κ1) is 31.1. The highest BCUT2D eigenvalue weighted by Gasteiger charge is 2.37. The predicted molar refractivity (Wildman–Crippen MR) is 163 cm³/mol. The fraction of sp³-hybridized carbons (Fsp3) is 0.516. The number of carboxylic acids is 1. The van der Waals surface area contributed by atoms with Crippen molar-refractivity contribution in [1.82, 2.24) is 20.4 Å². The summed E-state index contributed by atoms with van der Waals surface area (Å²) >= 11 is 6.14. The van der Waals surface area contributed by atoms with Gasteiger partial charge in [0, 0.05) is 57.4 Å². The Morgan fingerprint density at radius 2 is 1.79 bits per heavy atom. The lowest BCUT2D eigenvalue weighted by Gasteiger charge is -2.45. The molecule has 2 amide bonds. The molecule has 0 saturated carbocycles. The van der Waals surface area contributed by atoms with E-state index in [4.69, 9.17) is 26.8 Å². The van der Waals surface area contributed by atoms with Crippen LogP contribution in [0.5, 0.6) is 5.75 Å². The monoisotopic (exact) mass is 613 g/mol. The Hall–Kier alpha value is -3.38. The quantitative estimate of drug-likeness (QED) is 0.297. The Labute approximate surface area is 256 Å². The normalized spacial score (nSPS) is 25.2. The third-order valence-corrected chi connectivity index (χ3v) is 9.47. The van der Waals surface area contributed by atoms with Gasteiger partial charge in [0.15, 0.2) is 0 Å². The lowest BCUT2D eigenvalue weighted by Crippen LogP contribution is -2.55. The van der Waals surface area contributed by atoms with Gasteiger partial charge in [-0.2, -0.15) is 0 Å². The van der Waals surface area contributed by atoms with Gasteiger partial charge in [-0.3, -0.25) is 14.5 Å². The molecule has 0 radical (unpaired) electrons. The van der Waals surface area contributed by atoms with Crippen molar-refractivity contribution in [1.29, 1.82) is 0 Å². The van der Waals surface area contributed by atoms with Gasteiger partial charge in [-0.1, -0.05) is 11.6 Å². The number of nitrogen functional groups attached to an aromatic ring is 1. The van der Waals surface area contributed by atoms with Gasteiger partial charge < -0.3 is 35.8 Å². The highest BCUT2D eigenvalue weighted by Crippen LogP contribution is 2.40. The summed E-state index contributed by atoms with van der Waals surface area (Å²) in [6.07, 6.45) is 2.53. The highest BCUT2D eigenvalue weighted by atomic mass is 35.5. The first-order valence-corrected chi connectivity index (χ1v) is 15.1. The Morgan fingerprint density at radius 1 is 1.02 bits per heavy atom. The van der Waals surface area contributed by atoms with E-state index in [1.807, 2.05) is 0 Å². The van der Waals surface area contributed by atoms with Crippen LogP contribution in [0, 0.1) is 5.92 Å². The number of amides is 2. The summed E-state index contributed by atoms with van der Waals surface area (Å²) in [5, 5.41) is 16.1. The van der Waals surface area contributed by atoms with Crippen LogP contribution in [-0.4, -0.2) is 105 Å². The van der Waals surface area contributed by atoms with Gasteiger partial charge in [-0.05, 0) is 68.1 Å². The second-order valence-electron chi connectivity index (χ2n) is 11.6. The maximum absolute atomic E-state index is 13.1. The molecule has 43 heavy (non-hydrogen) atoms. The van der Waals surface area contributed by atoms with Crippen molar-refractivity contribution in [3.8, 4) is 5.75 Å². The zero-order valence-corrected chi connectivity index (χ0v) is 25.4. The first-order chi connectivity index (χ1) is 20.7. The Kier molecular flexibility index (Phi) is 9.75. The number of nitrogens with zero attached hydrogens (tertiary/aromatic N) is 2. The van der Waals surface area contributed by atoms with Crippen LogP contribution in [0.3, 0.4) is 0 Å². The van der Waals surface area contributed by atoms with Crippen LogP contribution in [-0.2, 0) is 4.74 Å². The number of ether oxygens (including phenoxy) is 2. The van der Waals surface area contributed by atoms with Gasteiger partial charge in [0.25, 0.3) is 11.8 Å². The van der Waals surface area contributed by atoms with Crippen molar-refractivity contribution in [2.45, 2.75) is 37.3 Å². The molecule has 0 aromatic heterocycles. The van der Waals surface area contributed by atoms with Gasteiger partial charge in [0.2, 0.25) is 0 Å². The van der Waals surface area contributed by atoms with Gasteiger partial charge in [0.05, 0.1) is 41.1 Å². The minimum absolute atomic E-state index is 0.132. The van der Waals surface area contributed by atoms with Crippen molar-refractivity contribution in [2.75, 3.05) is 65.8 Å². The number of halogens is 1. The molecule has 4 aliphatic heterocycles. The number of piperidine rings is 4. The predicted octanol–water partition coefficient (Wildman–Crippen LogP) is 2.69. The molecule has 11 nitrogen and oxygen atoms in total.